The monoisotopic (exact) mass is 404 g/mol. The summed E-state index contributed by atoms with van der Waals surface area (Å²) in [5, 5.41) is 2.92. The number of halogens is 1. The second-order valence-corrected chi connectivity index (χ2v) is 9.28. The lowest BCUT2D eigenvalue weighted by Gasteiger charge is -2.30. The van der Waals surface area contributed by atoms with Crippen LogP contribution in [0.15, 0.2) is 42.5 Å². The molecular formula is C21H25FN2O3S. The molecule has 3 rings (SSSR count). The van der Waals surface area contributed by atoms with Gasteiger partial charge in [0.1, 0.15) is 5.82 Å². The van der Waals surface area contributed by atoms with Gasteiger partial charge in [-0.15, -0.1) is 0 Å². The Labute approximate surface area is 165 Å². The van der Waals surface area contributed by atoms with Gasteiger partial charge in [0.05, 0.1) is 5.75 Å². The zero-order valence-corrected chi connectivity index (χ0v) is 16.9. The number of carbonyl (C=O) groups is 1. The first-order valence-corrected chi connectivity index (χ1v) is 11.0. The molecule has 2 aromatic rings. The number of hydrogen-bond donors (Lipinski definition) is 1. The quantitative estimate of drug-likeness (QED) is 0.828. The fourth-order valence-corrected chi connectivity index (χ4v) is 4.94. The van der Waals surface area contributed by atoms with Crippen LogP contribution in [0.3, 0.4) is 0 Å². The fourth-order valence-electron chi connectivity index (χ4n) is 3.36. The minimum atomic E-state index is -3.62. The van der Waals surface area contributed by atoms with E-state index in [0.717, 1.165) is 16.8 Å². The average molecular weight is 405 g/mol. The Balaban J connectivity index is 1.58. The molecule has 0 saturated carbocycles. The molecule has 1 aliphatic rings. The van der Waals surface area contributed by atoms with Crippen molar-refractivity contribution in [2.45, 2.75) is 32.4 Å². The Morgan fingerprint density at radius 2 is 1.79 bits per heavy atom. The van der Waals surface area contributed by atoms with Crippen LogP contribution >= 0.6 is 0 Å². The van der Waals surface area contributed by atoms with Gasteiger partial charge in [-0.1, -0.05) is 24.3 Å². The van der Waals surface area contributed by atoms with E-state index in [1.54, 1.807) is 6.07 Å². The number of piperidine rings is 1. The lowest BCUT2D eigenvalue weighted by atomic mass is 9.97. The first-order valence-electron chi connectivity index (χ1n) is 9.35. The maximum absolute atomic E-state index is 13.8. The van der Waals surface area contributed by atoms with E-state index in [9.17, 15) is 17.6 Å². The molecule has 150 valence electrons. The SMILES string of the molecule is Cc1ccc(NC(=O)C2CCN(S(=O)(=O)Cc3ccccc3F)CC2)cc1C. The van der Waals surface area contributed by atoms with Crippen LogP contribution in [0.2, 0.25) is 0 Å². The molecule has 0 aliphatic carbocycles. The highest BCUT2D eigenvalue weighted by molar-refractivity contribution is 7.88. The summed E-state index contributed by atoms with van der Waals surface area (Å²) < 4.78 is 40.3. The molecule has 0 atom stereocenters. The predicted octanol–water partition coefficient (Wildman–Crippen LogP) is 3.62. The molecule has 1 fully saturated rings. The number of amides is 1. The summed E-state index contributed by atoms with van der Waals surface area (Å²) in [7, 11) is -3.62. The van der Waals surface area contributed by atoms with Crippen molar-refractivity contribution in [3.63, 3.8) is 0 Å². The maximum atomic E-state index is 13.8. The van der Waals surface area contributed by atoms with Gasteiger partial charge in [-0.3, -0.25) is 4.79 Å². The Morgan fingerprint density at radius 3 is 2.43 bits per heavy atom. The number of anilines is 1. The van der Waals surface area contributed by atoms with Gasteiger partial charge >= 0.3 is 0 Å². The Kier molecular flexibility index (Phi) is 6.15. The molecule has 1 amide bonds. The number of carbonyl (C=O) groups excluding carboxylic acids is 1. The van der Waals surface area contributed by atoms with Crippen LogP contribution in [-0.4, -0.2) is 31.7 Å². The van der Waals surface area contributed by atoms with Crippen LogP contribution < -0.4 is 5.32 Å². The molecular weight excluding hydrogens is 379 g/mol. The van der Waals surface area contributed by atoms with E-state index in [2.05, 4.69) is 5.32 Å². The fraction of sp³-hybridized carbons (Fsp3) is 0.381. The molecule has 7 heteroatoms. The van der Waals surface area contributed by atoms with Crippen molar-refractivity contribution in [1.29, 1.82) is 0 Å². The topological polar surface area (TPSA) is 66.5 Å². The third kappa shape index (κ3) is 4.77. The van der Waals surface area contributed by atoms with Crippen molar-refractivity contribution in [1.82, 2.24) is 4.31 Å². The predicted molar refractivity (Wildman–Crippen MR) is 108 cm³/mol. The van der Waals surface area contributed by atoms with Gasteiger partial charge in [0.25, 0.3) is 0 Å². The molecule has 0 spiro atoms. The minimum Gasteiger partial charge on any atom is -0.326 e. The van der Waals surface area contributed by atoms with Crippen LogP contribution in [0.25, 0.3) is 0 Å². The number of aryl methyl sites for hydroxylation is 2. The van der Waals surface area contributed by atoms with Gasteiger partial charge in [-0.25, -0.2) is 17.1 Å². The second kappa shape index (κ2) is 8.41. The molecule has 1 saturated heterocycles. The molecule has 2 aromatic carbocycles. The van der Waals surface area contributed by atoms with Gasteiger partial charge in [0.2, 0.25) is 15.9 Å². The summed E-state index contributed by atoms with van der Waals surface area (Å²) in [5.41, 5.74) is 3.18. The van der Waals surface area contributed by atoms with Crippen molar-refractivity contribution < 1.29 is 17.6 Å². The molecule has 1 N–H and O–H groups in total. The highest BCUT2D eigenvalue weighted by Crippen LogP contribution is 2.24. The van der Waals surface area contributed by atoms with Crippen LogP contribution in [0.1, 0.15) is 29.5 Å². The Hall–Kier alpha value is -2.25. The van der Waals surface area contributed by atoms with Crippen LogP contribution in [-0.2, 0) is 20.6 Å². The number of benzene rings is 2. The summed E-state index contributed by atoms with van der Waals surface area (Å²) in [6, 6.07) is 11.7. The molecule has 28 heavy (non-hydrogen) atoms. The summed E-state index contributed by atoms with van der Waals surface area (Å²) >= 11 is 0. The molecule has 0 radical (unpaired) electrons. The average Bonchev–Trinajstić information content (AvgIpc) is 2.66. The first-order chi connectivity index (χ1) is 13.3. The van der Waals surface area contributed by atoms with E-state index < -0.39 is 15.8 Å². The molecule has 1 heterocycles. The number of rotatable bonds is 5. The second-order valence-electron chi connectivity index (χ2n) is 7.31. The molecule has 0 aromatic heterocycles. The zero-order chi connectivity index (χ0) is 20.3. The highest BCUT2D eigenvalue weighted by atomic mass is 32.2. The summed E-state index contributed by atoms with van der Waals surface area (Å²) in [6.45, 7) is 4.53. The highest BCUT2D eigenvalue weighted by Gasteiger charge is 2.31. The van der Waals surface area contributed by atoms with Crippen molar-refractivity contribution in [3.05, 3.63) is 65.0 Å². The number of hydrogen-bond acceptors (Lipinski definition) is 3. The number of nitrogens with one attached hydrogen (secondary N) is 1. The van der Waals surface area contributed by atoms with Crippen LogP contribution in [0.5, 0.6) is 0 Å². The van der Waals surface area contributed by atoms with Crippen molar-refractivity contribution in [2.24, 2.45) is 5.92 Å². The standard InChI is InChI=1S/C21H25FN2O3S/c1-15-7-8-19(13-16(15)2)23-21(25)17-9-11-24(12-10-17)28(26,27)14-18-5-3-4-6-20(18)22/h3-8,13,17H,9-12,14H2,1-2H3,(H,23,25). The Bertz CT molecular complexity index is 967. The van der Waals surface area contributed by atoms with Gasteiger partial charge in [-0.05, 0) is 56.0 Å². The van der Waals surface area contributed by atoms with E-state index in [0.29, 0.717) is 12.8 Å². The van der Waals surface area contributed by atoms with Gasteiger partial charge in [0.15, 0.2) is 0 Å². The third-order valence-electron chi connectivity index (χ3n) is 5.29. The van der Waals surface area contributed by atoms with E-state index in [-0.39, 0.29) is 36.2 Å². The molecule has 1 aliphatic heterocycles. The molecule has 0 bridgehead atoms. The third-order valence-corrected chi connectivity index (χ3v) is 7.12. The van der Waals surface area contributed by atoms with Crippen molar-refractivity contribution >= 4 is 21.6 Å². The smallest absolute Gasteiger partial charge is 0.227 e. The largest absolute Gasteiger partial charge is 0.326 e. The van der Waals surface area contributed by atoms with Gasteiger partial charge in [-0.2, -0.15) is 0 Å². The minimum absolute atomic E-state index is 0.0885. The summed E-state index contributed by atoms with van der Waals surface area (Å²) in [6.07, 6.45) is 0.903. The normalized spacial score (nSPS) is 16.1. The van der Waals surface area contributed by atoms with E-state index in [1.807, 2.05) is 32.0 Å². The zero-order valence-electron chi connectivity index (χ0n) is 16.1. The first kappa shape index (κ1) is 20.5. The Morgan fingerprint density at radius 1 is 1.11 bits per heavy atom. The lowest BCUT2D eigenvalue weighted by Crippen LogP contribution is -2.42. The summed E-state index contributed by atoms with van der Waals surface area (Å²) in [4.78, 5) is 12.5. The van der Waals surface area contributed by atoms with Crippen LogP contribution in [0, 0.1) is 25.6 Å². The van der Waals surface area contributed by atoms with Gasteiger partial charge < -0.3 is 5.32 Å². The van der Waals surface area contributed by atoms with E-state index in [4.69, 9.17) is 0 Å². The van der Waals surface area contributed by atoms with E-state index >= 15 is 0 Å². The van der Waals surface area contributed by atoms with E-state index in [1.165, 1.54) is 22.5 Å². The number of sulfonamides is 1. The number of nitrogens with zero attached hydrogens (tertiary/aromatic N) is 1. The van der Waals surface area contributed by atoms with Crippen molar-refractivity contribution in [2.75, 3.05) is 18.4 Å². The molecule has 0 unspecified atom stereocenters. The van der Waals surface area contributed by atoms with Gasteiger partial charge in [0, 0.05) is 30.3 Å². The molecule has 5 nitrogen and oxygen atoms in total. The van der Waals surface area contributed by atoms with Crippen LogP contribution in [0.4, 0.5) is 10.1 Å². The lowest BCUT2D eigenvalue weighted by molar-refractivity contribution is -0.120. The maximum Gasteiger partial charge on any atom is 0.227 e. The van der Waals surface area contributed by atoms with Crippen molar-refractivity contribution in [3.8, 4) is 0 Å². The summed E-state index contributed by atoms with van der Waals surface area (Å²) in [5.74, 6) is -1.20.